The van der Waals surface area contributed by atoms with E-state index in [4.69, 9.17) is 9.72 Å². The van der Waals surface area contributed by atoms with Crippen molar-refractivity contribution in [2.45, 2.75) is 64.1 Å². The molecule has 19 heavy (non-hydrogen) atoms. The molecule has 0 spiro atoms. The fourth-order valence-corrected chi connectivity index (χ4v) is 3.81. The molecule has 0 aliphatic heterocycles. The zero-order valence-electron chi connectivity index (χ0n) is 12.4. The van der Waals surface area contributed by atoms with Crippen LogP contribution in [0.25, 0.3) is 0 Å². The van der Waals surface area contributed by atoms with Gasteiger partial charge in [-0.1, -0.05) is 31.0 Å². The van der Waals surface area contributed by atoms with E-state index < -0.39 is 0 Å². The van der Waals surface area contributed by atoms with Gasteiger partial charge in [0.25, 0.3) is 0 Å². The Morgan fingerprint density at radius 3 is 2.68 bits per heavy atom. The van der Waals surface area contributed by atoms with E-state index in [1.807, 2.05) is 18.7 Å². The SMILES string of the molecule is CCOCCSc1nc(C)c(C)n1C1CCCCC1. The first kappa shape index (κ1) is 14.9. The average molecular weight is 282 g/mol. The van der Waals surface area contributed by atoms with Gasteiger partial charge in [-0.2, -0.15) is 0 Å². The zero-order chi connectivity index (χ0) is 13.7. The van der Waals surface area contributed by atoms with Gasteiger partial charge in [-0.15, -0.1) is 0 Å². The Hall–Kier alpha value is -0.480. The molecule has 2 rings (SSSR count). The van der Waals surface area contributed by atoms with Crippen LogP contribution in [-0.2, 0) is 4.74 Å². The molecule has 1 heterocycles. The number of aryl methyl sites for hydroxylation is 1. The summed E-state index contributed by atoms with van der Waals surface area (Å²) in [5.41, 5.74) is 2.54. The van der Waals surface area contributed by atoms with E-state index >= 15 is 0 Å². The smallest absolute Gasteiger partial charge is 0.168 e. The van der Waals surface area contributed by atoms with Crippen molar-refractivity contribution in [3.63, 3.8) is 0 Å². The second-order valence-corrected chi connectivity index (χ2v) is 6.33. The number of thioether (sulfide) groups is 1. The molecule has 4 heteroatoms. The lowest BCUT2D eigenvalue weighted by atomic mass is 9.95. The van der Waals surface area contributed by atoms with Gasteiger partial charge in [0, 0.05) is 24.1 Å². The van der Waals surface area contributed by atoms with E-state index in [9.17, 15) is 0 Å². The lowest BCUT2D eigenvalue weighted by molar-refractivity contribution is 0.164. The van der Waals surface area contributed by atoms with E-state index in [0.29, 0.717) is 6.04 Å². The summed E-state index contributed by atoms with van der Waals surface area (Å²) in [6.45, 7) is 8.00. The van der Waals surface area contributed by atoms with Crippen molar-refractivity contribution >= 4 is 11.8 Å². The number of nitrogens with zero attached hydrogens (tertiary/aromatic N) is 2. The van der Waals surface area contributed by atoms with Crippen LogP contribution < -0.4 is 0 Å². The topological polar surface area (TPSA) is 27.1 Å². The van der Waals surface area contributed by atoms with Gasteiger partial charge in [0.05, 0.1) is 12.3 Å². The summed E-state index contributed by atoms with van der Waals surface area (Å²) >= 11 is 1.84. The Kier molecular flexibility index (Phi) is 5.76. The summed E-state index contributed by atoms with van der Waals surface area (Å²) in [4.78, 5) is 4.75. The van der Waals surface area contributed by atoms with E-state index in [1.54, 1.807) is 0 Å². The number of hydrogen-bond donors (Lipinski definition) is 0. The molecule has 0 atom stereocenters. The molecule has 108 valence electrons. The van der Waals surface area contributed by atoms with Crippen LogP contribution in [0, 0.1) is 13.8 Å². The monoisotopic (exact) mass is 282 g/mol. The summed E-state index contributed by atoms with van der Waals surface area (Å²) in [5.74, 6) is 0.996. The summed E-state index contributed by atoms with van der Waals surface area (Å²) in [7, 11) is 0. The molecule has 1 saturated carbocycles. The summed E-state index contributed by atoms with van der Waals surface area (Å²) < 4.78 is 7.91. The predicted octanol–water partition coefficient (Wildman–Crippen LogP) is 4.13. The molecule has 1 fully saturated rings. The number of rotatable bonds is 6. The van der Waals surface area contributed by atoms with Gasteiger partial charge in [0.2, 0.25) is 0 Å². The zero-order valence-corrected chi connectivity index (χ0v) is 13.3. The van der Waals surface area contributed by atoms with Crippen LogP contribution in [0.3, 0.4) is 0 Å². The molecule has 0 unspecified atom stereocenters. The largest absolute Gasteiger partial charge is 0.381 e. The van der Waals surface area contributed by atoms with Crippen LogP contribution >= 0.6 is 11.8 Å². The quantitative estimate of drug-likeness (QED) is 0.580. The third-order valence-corrected chi connectivity index (χ3v) is 4.87. The van der Waals surface area contributed by atoms with Crippen molar-refractivity contribution in [3.05, 3.63) is 11.4 Å². The van der Waals surface area contributed by atoms with Crippen molar-refractivity contribution < 1.29 is 4.74 Å². The summed E-state index contributed by atoms with van der Waals surface area (Å²) in [6.07, 6.45) is 6.76. The van der Waals surface area contributed by atoms with Gasteiger partial charge < -0.3 is 9.30 Å². The fraction of sp³-hybridized carbons (Fsp3) is 0.800. The van der Waals surface area contributed by atoms with Crippen molar-refractivity contribution in [1.29, 1.82) is 0 Å². The molecule has 1 aromatic heterocycles. The molecular formula is C15H26N2OS. The summed E-state index contributed by atoms with van der Waals surface area (Å²) in [6, 6.07) is 0.671. The Morgan fingerprint density at radius 1 is 1.26 bits per heavy atom. The van der Waals surface area contributed by atoms with Crippen LogP contribution in [0.2, 0.25) is 0 Å². The maximum absolute atomic E-state index is 5.42. The number of aromatic nitrogens is 2. The minimum atomic E-state index is 0.671. The predicted molar refractivity (Wildman–Crippen MR) is 81.0 cm³/mol. The first-order chi connectivity index (χ1) is 9.24. The molecule has 0 saturated heterocycles. The van der Waals surface area contributed by atoms with E-state index in [2.05, 4.69) is 18.4 Å². The maximum atomic E-state index is 5.42. The van der Waals surface area contributed by atoms with Gasteiger partial charge in [-0.3, -0.25) is 0 Å². The fourth-order valence-electron chi connectivity index (χ4n) is 2.80. The van der Waals surface area contributed by atoms with Crippen LogP contribution in [0.1, 0.15) is 56.5 Å². The Bertz CT molecular complexity index is 397. The lowest BCUT2D eigenvalue weighted by Crippen LogP contribution is -2.15. The Morgan fingerprint density at radius 2 is 2.00 bits per heavy atom. The van der Waals surface area contributed by atoms with Crippen molar-refractivity contribution in [3.8, 4) is 0 Å². The highest BCUT2D eigenvalue weighted by Crippen LogP contribution is 2.34. The van der Waals surface area contributed by atoms with Crippen LogP contribution in [0.15, 0.2) is 5.16 Å². The highest BCUT2D eigenvalue weighted by Gasteiger charge is 2.21. The first-order valence-corrected chi connectivity index (χ1v) is 8.48. The van der Waals surface area contributed by atoms with Crippen molar-refractivity contribution in [2.75, 3.05) is 19.0 Å². The molecule has 1 aliphatic rings. The second-order valence-electron chi connectivity index (χ2n) is 5.27. The minimum Gasteiger partial charge on any atom is -0.381 e. The van der Waals surface area contributed by atoms with E-state index in [1.165, 1.54) is 48.6 Å². The van der Waals surface area contributed by atoms with Gasteiger partial charge in [0.15, 0.2) is 5.16 Å². The Labute approximate surface area is 121 Å². The molecule has 1 aromatic rings. The van der Waals surface area contributed by atoms with Gasteiger partial charge in [-0.05, 0) is 33.6 Å². The van der Waals surface area contributed by atoms with E-state index in [-0.39, 0.29) is 0 Å². The molecule has 0 aromatic carbocycles. The molecule has 3 nitrogen and oxygen atoms in total. The standard InChI is InChI=1S/C15H26N2OS/c1-4-18-10-11-19-15-16-12(2)13(3)17(15)14-8-6-5-7-9-14/h14H,4-11H2,1-3H3. The molecule has 0 bridgehead atoms. The minimum absolute atomic E-state index is 0.671. The number of ether oxygens (including phenoxy) is 1. The molecule has 0 radical (unpaired) electrons. The average Bonchev–Trinajstić information content (AvgIpc) is 2.71. The third-order valence-electron chi connectivity index (χ3n) is 3.96. The number of hydrogen-bond acceptors (Lipinski definition) is 3. The molecule has 1 aliphatic carbocycles. The van der Waals surface area contributed by atoms with Crippen LogP contribution in [0.4, 0.5) is 0 Å². The van der Waals surface area contributed by atoms with Crippen molar-refractivity contribution in [2.24, 2.45) is 0 Å². The highest BCUT2D eigenvalue weighted by molar-refractivity contribution is 7.99. The Balaban J connectivity index is 2.06. The maximum Gasteiger partial charge on any atom is 0.168 e. The molecular weight excluding hydrogens is 256 g/mol. The van der Waals surface area contributed by atoms with Gasteiger partial charge >= 0.3 is 0 Å². The third kappa shape index (κ3) is 3.76. The van der Waals surface area contributed by atoms with Crippen LogP contribution in [-0.4, -0.2) is 28.5 Å². The normalized spacial score (nSPS) is 17.0. The van der Waals surface area contributed by atoms with Crippen LogP contribution in [0.5, 0.6) is 0 Å². The lowest BCUT2D eigenvalue weighted by Gasteiger charge is -2.26. The molecule has 0 amide bonds. The van der Waals surface area contributed by atoms with Gasteiger partial charge in [-0.25, -0.2) is 4.98 Å². The molecule has 0 N–H and O–H groups in total. The van der Waals surface area contributed by atoms with Gasteiger partial charge in [0.1, 0.15) is 0 Å². The highest BCUT2D eigenvalue weighted by atomic mass is 32.2. The summed E-state index contributed by atoms with van der Waals surface area (Å²) in [5, 5.41) is 1.20. The first-order valence-electron chi connectivity index (χ1n) is 7.50. The second kappa shape index (κ2) is 7.34. The number of imidazole rings is 1. The van der Waals surface area contributed by atoms with Crippen molar-refractivity contribution in [1.82, 2.24) is 9.55 Å². The van der Waals surface area contributed by atoms with E-state index in [0.717, 1.165) is 19.0 Å².